The summed E-state index contributed by atoms with van der Waals surface area (Å²) in [5.74, 6) is 0.169. The molecule has 9 heteroatoms. The fraction of sp³-hybridized carbons (Fsp3) is 0.250. The number of benzene rings is 2. The second-order valence-electron chi connectivity index (χ2n) is 6.04. The molecule has 0 spiro atoms. The van der Waals surface area contributed by atoms with Gasteiger partial charge in [0.05, 0.1) is 7.11 Å². The molecule has 0 bridgehead atoms. The van der Waals surface area contributed by atoms with Gasteiger partial charge in [0.1, 0.15) is 12.3 Å². The van der Waals surface area contributed by atoms with E-state index in [9.17, 15) is 14.4 Å². The molecule has 3 rings (SSSR count). The highest BCUT2D eigenvalue weighted by molar-refractivity contribution is 5.96. The third kappa shape index (κ3) is 5.61. The predicted molar refractivity (Wildman–Crippen MR) is 101 cm³/mol. The summed E-state index contributed by atoms with van der Waals surface area (Å²) in [6, 6.07) is 11.8. The Labute approximate surface area is 166 Å². The Hall–Kier alpha value is -3.75. The lowest BCUT2D eigenvalue weighted by atomic mass is 10.2. The standard InChI is InChI=1S/C20H20N2O7/c1-26-15-4-2-3-14(8-15)20(25)22-10-19(24)27-11-18(23)21-9-13-5-6-16-17(7-13)29-12-28-16/h2-8H,9-12H2,1H3,(H,21,23)(H,22,25). The van der Waals surface area contributed by atoms with Gasteiger partial charge in [0, 0.05) is 12.1 Å². The summed E-state index contributed by atoms with van der Waals surface area (Å²) in [5.41, 5.74) is 1.16. The average Bonchev–Trinajstić information content (AvgIpc) is 3.22. The van der Waals surface area contributed by atoms with Gasteiger partial charge in [0.15, 0.2) is 18.1 Å². The molecule has 1 heterocycles. The highest BCUT2D eigenvalue weighted by Crippen LogP contribution is 2.32. The number of ether oxygens (including phenoxy) is 4. The smallest absolute Gasteiger partial charge is 0.325 e. The molecule has 2 N–H and O–H groups in total. The van der Waals surface area contributed by atoms with Crippen molar-refractivity contribution in [2.24, 2.45) is 0 Å². The van der Waals surface area contributed by atoms with E-state index in [1.807, 2.05) is 0 Å². The van der Waals surface area contributed by atoms with Gasteiger partial charge < -0.3 is 29.6 Å². The van der Waals surface area contributed by atoms with E-state index in [2.05, 4.69) is 10.6 Å². The minimum absolute atomic E-state index is 0.176. The molecule has 0 fully saturated rings. The summed E-state index contributed by atoms with van der Waals surface area (Å²) in [6.45, 7) is -0.376. The Balaban J connectivity index is 1.36. The highest BCUT2D eigenvalue weighted by Gasteiger charge is 2.14. The topological polar surface area (TPSA) is 112 Å². The molecule has 0 radical (unpaired) electrons. The maximum absolute atomic E-state index is 12.0. The van der Waals surface area contributed by atoms with Crippen molar-refractivity contribution in [3.05, 3.63) is 53.6 Å². The van der Waals surface area contributed by atoms with Crippen molar-refractivity contribution >= 4 is 17.8 Å². The monoisotopic (exact) mass is 400 g/mol. The van der Waals surface area contributed by atoms with E-state index in [0.29, 0.717) is 22.8 Å². The normalized spacial score (nSPS) is 11.5. The molecule has 2 aromatic carbocycles. The Morgan fingerprint density at radius 2 is 1.86 bits per heavy atom. The molecule has 0 unspecified atom stereocenters. The minimum atomic E-state index is -0.723. The summed E-state index contributed by atoms with van der Waals surface area (Å²) in [7, 11) is 1.49. The molecule has 2 aromatic rings. The number of hydrogen-bond acceptors (Lipinski definition) is 7. The van der Waals surface area contributed by atoms with Crippen LogP contribution in [0.2, 0.25) is 0 Å². The van der Waals surface area contributed by atoms with Crippen LogP contribution in [0, 0.1) is 0 Å². The fourth-order valence-corrected chi connectivity index (χ4v) is 2.52. The van der Waals surface area contributed by atoms with Gasteiger partial charge >= 0.3 is 5.97 Å². The van der Waals surface area contributed by atoms with Crippen LogP contribution in [0.5, 0.6) is 17.2 Å². The van der Waals surface area contributed by atoms with E-state index in [-0.39, 0.29) is 19.9 Å². The van der Waals surface area contributed by atoms with Gasteiger partial charge in [-0.1, -0.05) is 12.1 Å². The van der Waals surface area contributed by atoms with Gasteiger partial charge in [-0.25, -0.2) is 0 Å². The Morgan fingerprint density at radius 3 is 2.69 bits per heavy atom. The molecule has 0 saturated carbocycles. The third-order valence-corrected chi connectivity index (χ3v) is 4.02. The molecule has 9 nitrogen and oxygen atoms in total. The van der Waals surface area contributed by atoms with Gasteiger partial charge in [-0.2, -0.15) is 0 Å². The molecule has 152 valence electrons. The first-order chi connectivity index (χ1) is 14.0. The maximum atomic E-state index is 12.0. The zero-order valence-corrected chi connectivity index (χ0v) is 15.7. The number of hydrogen-bond donors (Lipinski definition) is 2. The van der Waals surface area contributed by atoms with Gasteiger partial charge in [-0.15, -0.1) is 0 Å². The van der Waals surface area contributed by atoms with Gasteiger partial charge in [0.25, 0.3) is 11.8 Å². The maximum Gasteiger partial charge on any atom is 0.325 e. The summed E-state index contributed by atoms with van der Waals surface area (Å²) in [5, 5.41) is 5.06. The molecule has 2 amide bonds. The first kappa shape index (κ1) is 20.0. The molecule has 0 aromatic heterocycles. The molecule has 0 saturated heterocycles. The van der Waals surface area contributed by atoms with Crippen LogP contribution in [0.4, 0.5) is 0 Å². The number of carbonyl (C=O) groups is 3. The molecule has 0 aliphatic carbocycles. The third-order valence-electron chi connectivity index (χ3n) is 4.02. The van der Waals surface area contributed by atoms with E-state index in [1.54, 1.807) is 42.5 Å². The van der Waals surface area contributed by atoms with Gasteiger partial charge in [-0.3, -0.25) is 14.4 Å². The van der Waals surface area contributed by atoms with Crippen LogP contribution in [-0.2, 0) is 20.9 Å². The highest BCUT2D eigenvalue weighted by atomic mass is 16.7. The Kier molecular flexibility index (Phi) is 6.51. The van der Waals surface area contributed by atoms with Crippen LogP contribution in [0.3, 0.4) is 0 Å². The Bertz CT molecular complexity index is 913. The zero-order valence-electron chi connectivity index (χ0n) is 15.7. The number of carbonyl (C=O) groups excluding carboxylic acids is 3. The van der Waals surface area contributed by atoms with Crippen LogP contribution in [0.15, 0.2) is 42.5 Å². The second-order valence-corrected chi connectivity index (χ2v) is 6.04. The van der Waals surface area contributed by atoms with Crippen molar-refractivity contribution < 1.29 is 33.3 Å². The largest absolute Gasteiger partial charge is 0.497 e. The van der Waals surface area contributed by atoms with Crippen LogP contribution >= 0.6 is 0 Å². The fourth-order valence-electron chi connectivity index (χ4n) is 2.52. The van der Waals surface area contributed by atoms with Crippen LogP contribution in [0.1, 0.15) is 15.9 Å². The predicted octanol–water partition coefficient (Wildman–Crippen LogP) is 1.01. The summed E-state index contributed by atoms with van der Waals surface area (Å²) in [6.07, 6.45) is 0. The number of methoxy groups -OCH3 is 1. The molecule has 0 atom stereocenters. The van der Waals surface area contributed by atoms with Crippen molar-refractivity contribution in [3.63, 3.8) is 0 Å². The van der Waals surface area contributed by atoms with Crippen molar-refractivity contribution in [2.45, 2.75) is 6.54 Å². The Morgan fingerprint density at radius 1 is 1.03 bits per heavy atom. The lowest BCUT2D eigenvalue weighted by Crippen LogP contribution is -2.33. The van der Waals surface area contributed by atoms with Gasteiger partial charge in [0.2, 0.25) is 6.79 Å². The van der Waals surface area contributed by atoms with Crippen LogP contribution in [-0.4, -0.2) is 44.8 Å². The zero-order chi connectivity index (χ0) is 20.6. The first-order valence-corrected chi connectivity index (χ1v) is 8.78. The average molecular weight is 400 g/mol. The molecule has 29 heavy (non-hydrogen) atoms. The van der Waals surface area contributed by atoms with Crippen molar-refractivity contribution in [3.8, 4) is 17.2 Å². The SMILES string of the molecule is COc1cccc(C(=O)NCC(=O)OCC(=O)NCc2ccc3c(c2)OCO3)c1. The van der Waals surface area contributed by atoms with Crippen molar-refractivity contribution in [2.75, 3.05) is 27.1 Å². The number of fused-ring (bicyclic) bond motifs is 1. The van der Waals surface area contributed by atoms with E-state index in [4.69, 9.17) is 18.9 Å². The van der Waals surface area contributed by atoms with E-state index < -0.39 is 24.4 Å². The molecular formula is C20H20N2O7. The minimum Gasteiger partial charge on any atom is -0.497 e. The number of esters is 1. The summed E-state index contributed by atoms with van der Waals surface area (Å²) >= 11 is 0. The van der Waals surface area contributed by atoms with Crippen LogP contribution < -0.4 is 24.8 Å². The van der Waals surface area contributed by atoms with E-state index in [0.717, 1.165) is 5.56 Å². The van der Waals surface area contributed by atoms with Gasteiger partial charge in [-0.05, 0) is 35.9 Å². The van der Waals surface area contributed by atoms with E-state index >= 15 is 0 Å². The molecule has 1 aliphatic rings. The second kappa shape index (κ2) is 9.45. The molecular weight excluding hydrogens is 380 g/mol. The summed E-state index contributed by atoms with van der Waals surface area (Å²) in [4.78, 5) is 35.6. The quantitative estimate of drug-likeness (QED) is 0.636. The molecule has 1 aliphatic heterocycles. The van der Waals surface area contributed by atoms with Crippen molar-refractivity contribution in [1.29, 1.82) is 0 Å². The van der Waals surface area contributed by atoms with Crippen molar-refractivity contribution in [1.82, 2.24) is 10.6 Å². The lowest BCUT2D eigenvalue weighted by molar-refractivity contribution is -0.147. The number of nitrogens with one attached hydrogen (secondary N) is 2. The number of amides is 2. The first-order valence-electron chi connectivity index (χ1n) is 8.78. The number of rotatable bonds is 8. The lowest BCUT2D eigenvalue weighted by Gasteiger charge is -2.08. The summed E-state index contributed by atoms with van der Waals surface area (Å²) < 4.78 is 20.4. The van der Waals surface area contributed by atoms with Crippen LogP contribution in [0.25, 0.3) is 0 Å². The van der Waals surface area contributed by atoms with E-state index in [1.165, 1.54) is 7.11 Å².